The van der Waals surface area contributed by atoms with Crippen molar-refractivity contribution < 1.29 is 0 Å². The van der Waals surface area contributed by atoms with E-state index in [0.717, 1.165) is 44.4 Å². The number of hydrogen-bond acceptors (Lipinski definition) is 7. The van der Waals surface area contributed by atoms with E-state index >= 15 is 0 Å². The number of nitrogens with zero attached hydrogens (tertiary/aromatic N) is 5. The molecule has 1 aromatic rings. The van der Waals surface area contributed by atoms with Crippen LogP contribution in [0.2, 0.25) is 0 Å². The third-order valence-corrected chi connectivity index (χ3v) is 3.04. The minimum absolute atomic E-state index is 0.736. The predicted molar refractivity (Wildman–Crippen MR) is 55.4 cm³/mol. The van der Waals surface area contributed by atoms with Crippen LogP contribution in [0.25, 0.3) is 0 Å². The maximum absolute atomic E-state index is 5.50. The van der Waals surface area contributed by atoms with Gasteiger partial charge in [-0.05, 0) is 5.21 Å². The molecule has 0 bridgehead atoms. The van der Waals surface area contributed by atoms with Gasteiger partial charge in [0.1, 0.15) is 0 Å². The van der Waals surface area contributed by atoms with Gasteiger partial charge in [-0.2, -0.15) is 0 Å². The summed E-state index contributed by atoms with van der Waals surface area (Å²) in [5.41, 5.74) is 5.50. The van der Waals surface area contributed by atoms with E-state index in [1.807, 2.05) is 0 Å². The molecule has 0 amide bonds. The molecule has 78 valence electrons. The fraction of sp³-hybridized carbons (Fsp3) is 0.857. The highest BCUT2D eigenvalue weighted by atomic mass is 32.1. The number of rotatable bonds is 3. The quantitative estimate of drug-likeness (QED) is 0.697. The first-order valence-corrected chi connectivity index (χ1v) is 5.50. The molecule has 1 saturated heterocycles. The van der Waals surface area contributed by atoms with Crippen LogP contribution >= 0.6 is 11.5 Å². The summed E-state index contributed by atoms with van der Waals surface area (Å²) in [5, 5.41) is 8.48. The van der Waals surface area contributed by atoms with Gasteiger partial charge < -0.3 is 10.6 Å². The van der Waals surface area contributed by atoms with Crippen molar-refractivity contribution >= 4 is 16.7 Å². The van der Waals surface area contributed by atoms with Gasteiger partial charge in [-0.1, -0.05) is 9.59 Å². The van der Waals surface area contributed by atoms with Crippen LogP contribution in [-0.4, -0.2) is 59.0 Å². The van der Waals surface area contributed by atoms with Crippen molar-refractivity contribution in [3.63, 3.8) is 0 Å². The summed E-state index contributed by atoms with van der Waals surface area (Å²) < 4.78 is 3.76. The molecular formula is C7H14N6S. The van der Waals surface area contributed by atoms with E-state index in [1.165, 1.54) is 11.5 Å². The summed E-state index contributed by atoms with van der Waals surface area (Å²) in [4.78, 5) is 4.59. The van der Waals surface area contributed by atoms with Crippen LogP contribution in [0.4, 0.5) is 5.13 Å². The number of piperazine rings is 1. The lowest BCUT2D eigenvalue weighted by Gasteiger charge is -2.33. The molecule has 0 saturated carbocycles. The Labute approximate surface area is 86.9 Å². The third-order valence-electron chi connectivity index (χ3n) is 2.38. The van der Waals surface area contributed by atoms with E-state index in [4.69, 9.17) is 5.73 Å². The Morgan fingerprint density at radius 1 is 1.29 bits per heavy atom. The van der Waals surface area contributed by atoms with Gasteiger partial charge in [0, 0.05) is 50.8 Å². The molecule has 6 nitrogen and oxygen atoms in total. The second-order valence-electron chi connectivity index (χ2n) is 3.26. The molecular weight excluding hydrogens is 200 g/mol. The Balaban J connectivity index is 1.84. The summed E-state index contributed by atoms with van der Waals surface area (Å²) in [6.45, 7) is 5.82. The van der Waals surface area contributed by atoms with Gasteiger partial charge in [-0.25, -0.2) is 0 Å². The Morgan fingerprint density at radius 2 is 2.07 bits per heavy atom. The molecule has 0 atom stereocenters. The molecule has 14 heavy (non-hydrogen) atoms. The largest absolute Gasteiger partial charge is 0.343 e. The minimum Gasteiger partial charge on any atom is -0.343 e. The molecule has 0 aliphatic carbocycles. The smallest absolute Gasteiger partial charge is 0.227 e. The fourth-order valence-electron chi connectivity index (χ4n) is 1.60. The highest BCUT2D eigenvalue weighted by molar-refractivity contribution is 7.09. The summed E-state index contributed by atoms with van der Waals surface area (Å²) in [6, 6.07) is 0. The van der Waals surface area contributed by atoms with Crippen molar-refractivity contribution in [2.75, 3.05) is 44.2 Å². The van der Waals surface area contributed by atoms with Crippen molar-refractivity contribution in [3.05, 3.63) is 0 Å². The van der Waals surface area contributed by atoms with Crippen LogP contribution < -0.4 is 10.6 Å². The molecule has 1 aliphatic rings. The van der Waals surface area contributed by atoms with Gasteiger partial charge in [0.2, 0.25) is 5.13 Å². The molecule has 2 heterocycles. The van der Waals surface area contributed by atoms with Crippen LogP contribution in [0, 0.1) is 0 Å². The van der Waals surface area contributed by atoms with Crippen molar-refractivity contribution in [1.82, 2.24) is 19.7 Å². The molecule has 2 N–H and O–H groups in total. The molecule has 1 aliphatic heterocycles. The average molecular weight is 214 g/mol. The number of aromatic nitrogens is 3. The highest BCUT2D eigenvalue weighted by Crippen LogP contribution is 2.15. The second-order valence-corrected chi connectivity index (χ2v) is 3.97. The van der Waals surface area contributed by atoms with Gasteiger partial charge in [0.15, 0.2) is 0 Å². The standard InChI is InChI=1S/C7H14N6S/c8-1-2-12-3-5-13(6-4-12)7-9-10-11-14-7/h1-6,8H2. The molecule has 1 aromatic heterocycles. The Morgan fingerprint density at radius 3 is 2.64 bits per heavy atom. The van der Waals surface area contributed by atoms with Crippen LogP contribution in [0.1, 0.15) is 0 Å². The van der Waals surface area contributed by atoms with Crippen LogP contribution in [0.15, 0.2) is 0 Å². The summed E-state index contributed by atoms with van der Waals surface area (Å²) in [5.74, 6) is 0. The SMILES string of the molecule is NCCN1CCN(c2nnns2)CC1. The molecule has 2 rings (SSSR count). The topological polar surface area (TPSA) is 71.2 Å². The third kappa shape index (κ3) is 2.17. The molecule has 7 heteroatoms. The minimum atomic E-state index is 0.736. The van der Waals surface area contributed by atoms with Gasteiger partial charge in [0.25, 0.3) is 0 Å². The van der Waals surface area contributed by atoms with Gasteiger partial charge in [-0.15, -0.1) is 0 Å². The average Bonchev–Trinajstić information content (AvgIpc) is 2.72. The van der Waals surface area contributed by atoms with E-state index in [9.17, 15) is 0 Å². The summed E-state index contributed by atoms with van der Waals surface area (Å²) in [6.07, 6.45) is 0. The van der Waals surface area contributed by atoms with Crippen molar-refractivity contribution in [2.45, 2.75) is 0 Å². The van der Waals surface area contributed by atoms with Gasteiger partial charge in [-0.3, -0.25) is 4.90 Å². The Hall–Kier alpha value is -0.790. The highest BCUT2D eigenvalue weighted by Gasteiger charge is 2.18. The normalized spacial score (nSPS) is 18.8. The van der Waals surface area contributed by atoms with E-state index < -0.39 is 0 Å². The lowest BCUT2D eigenvalue weighted by molar-refractivity contribution is 0.264. The van der Waals surface area contributed by atoms with Crippen LogP contribution in [0.5, 0.6) is 0 Å². The first kappa shape index (κ1) is 9.75. The van der Waals surface area contributed by atoms with Crippen molar-refractivity contribution in [1.29, 1.82) is 0 Å². The number of nitrogens with two attached hydrogens (primary N) is 1. The zero-order chi connectivity index (χ0) is 9.80. The maximum atomic E-state index is 5.50. The second kappa shape index (κ2) is 4.63. The van der Waals surface area contributed by atoms with E-state index in [1.54, 1.807) is 0 Å². The van der Waals surface area contributed by atoms with Crippen LogP contribution in [0.3, 0.4) is 0 Å². The molecule has 1 fully saturated rings. The number of hydrogen-bond donors (Lipinski definition) is 1. The zero-order valence-electron chi connectivity index (χ0n) is 7.96. The molecule has 0 aromatic carbocycles. The predicted octanol–water partition coefficient (Wildman–Crippen LogP) is -0.986. The fourth-order valence-corrected chi connectivity index (χ4v) is 2.11. The van der Waals surface area contributed by atoms with Gasteiger partial charge in [0.05, 0.1) is 0 Å². The van der Waals surface area contributed by atoms with E-state index in [-0.39, 0.29) is 0 Å². The Kier molecular flexibility index (Phi) is 3.22. The first-order chi connectivity index (χ1) is 6.90. The maximum Gasteiger partial charge on any atom is 0.227 e. The monoisotopic (exact) mass is 214 g/mol. The van der Waals surface area contributed by atoms with Crippen molar-refractivity contribution in [3.8, 4) is 0 Å². The molecule has 0 radical (unpaired) electrons. The molecule has 0 unspecified atom stereocenters. The first-order valence-electron chi connectivity index (χ1n) is 4.72. The molecule has 0 spiro atoms. The zero-order valence-corrected chi connectivity index (χ0v) is 8.78. The van der Waals surface area contributed by atoms with E-state index in [0.29, 0.717) is 0 Å². The van der Waals surface area contributed by atoms with Gasteiger partial charge >= 0.3 is 0 Å². The summed E-state index contributed by atoms with van der Waals surface area (Å²) >= 11 is 1.35. The summed E-state index contributed by atoms with van der Waals surface area (Å²) in [7, 11) is 0. The Bertz CT molecular complexity index is 255. The van der Waals surface area contributed by atoms with E-state index in [2.05, 4.69) is 24.6 Å². The lowest BCUT2D eigenvalue weighted by Crippen LogP contribution is -2.47. The number of anilines is 1. The van der Waals surface area contributed by atoms with Crippen molar-refractivity contribution in [2.24, 2.45) is 5.73 Å². The lowest BCUT2D eigenvalue weighted by atomic mass is 10.3. The van der Waals surface area contributed by atoms with Crippen LogP contribution in [-0.2, 0) is 0 Å².